The van der Waals surface area contributed by atoms with E-state index in [4.69, 9.17) is 27.9 Å². The number of aromatic amines is 1. The zero-order valence-corrected chi connectivity index (χ0v) is 18.0. The molecule has 3 rings (SSSR count). The molecule has 1 amide bonds. The summed E-state index contributed by atoms with van der Waals surface area (Å²) in [5.41, 5.74) is -0.0155. The lowest BCUT2D eigenvalue weighted by molar-refractivity contribution is -0.132. The van der Waals surface area contributed by atoms with Crippen molar-refractivity contribution in [2.75, 3.05) is 49.6 Å². The third-order valence-electron chi connectivity index (χ3n) is 4.55. The van der Waals surface area contributed by atoms with E-state index in [1.165, 1.54) is 6.20 Å². The van der Waals surface area contributed by atoms with Crippen LogP contribution < -0.4 is 15.8 Å². The normalized spacial score (nSPS) is 15.2. The second kappa shape index (κ2) is 10.6. The van der Waals surface area contributed by atoms with E-state index in [9.17, 15) is 9.59 Å². The average molecular weight is 456 g/mol. The number of H-pyrrole nitrogens is 1. The van der Waals surface area contributed by atoms with Gasteiger partial charge in [0.1, 0.15) is 5.02 Å². The van der Waals surface area contributed by atoms with Crippen LogP contribution in [0.5, 0.6) is 0 Å². The Balaban J connectivity index is 1.34. The number of piperazine rings is 1. The van der Waals surface area contributed by atoms with Crippen molar-refractivity contribution in [1.82, 2.24) is 25.1 Å². The van der Waals surface area contributed by atoms with Gasteiger partial charge in [-0.15, -0.1) is 0 Å². The van der Waals surface area contributed by atoms with Crippen molar-refractivity contribution < 1.29 is 9.53 Å². The standard InChI is InChI=1S/C18H23Cl2N7O3/c1-12(24-14-10-23-25-17(29)16(14)20)11-30-7-2-15(28)26-3-5-27(6-4-26)18-21-8-13(19)9-22-18/h8-10,12H,2-7,11H2,1H3,(H2,24,25,29)/t12-/m0/s1. The van der Waals surface area contributed by atoms with E-state index in [1.54, 1.807) is 12.4 Å². The highest BCUT2D eigenvalue weighted by molar-refractivity contribution is 6.32. The number of hydrogen-bond acceptors (Lipinski definition) is 8. The third kappa shape index (κ3) is 6.04. The van der Waals surface area contributed by atoms with Crippen LogP contribution in [0.2, 0.25) is 10.0 Å². The summed E-state index contributed by atoms with van der Waals surface area (Å²) in [5, 5.41) is 9.57. The molecule has 1 aliphatic rings. The molecule has 0 bridgehead atoms. The molecule has 2 N–H and O–H groups in total. The minimum Gasteiger partial charge on any atom is -0.379 e. The minimum absolute atomic E-state index is 0.0501. The van der Waals surface area contributed by atoms with E-state index >= 15 is 0 Å². The molecule has 12 heteroatoms. The summed E-state index contributed by atoms with van der Waals surface area (Å²) < 4.78 is 5.60. The van der Waals surface area contributed by atoms with Crippen LogP contribution >= 0.6 is 23.2 Å². The van der Waals surface area contributed by atoms with Crippen molar-refractivity contribution in [2.45, 2.75) is 19.4 Å². The Hall–Kier alpha value is -2.43. The fraction of sp³-hybridized carbons (Fsp3) is 0.500. The van der Waals surface area contributed by atoms with Crippen molar-refractivity contribution in [3.05, 3.63) is 39.0 Å². The maximum atomic E-state index is 12.4. The first-order chi connectivity index (χ1) is 14.4. The highest BCUT2D eigenvalue weighted by Crippen LogP contribution is 2.16. The van der Waals surface area contributed by atoms with Crippen molar-refractivity contribution in [3.8, 4) is 0 Å². The van der Waals surface area contributed by atoms with E-state index in [0.29, 0.717) is 62.5 Å². The van der Waals surface area contributed by atoms with E-state index < -0.39 is 5.56 Å². The van der Waals surface area contributed by atoms with E-state index in [2.05, 4.69) is 25.5 Å². The molecular weight excluding hydrogens is 433 g/mol. The summed E-state index contributed by atoms with van der Waals surface area (Å²) in [6.07, 6.45) is 4.87. The molecule has 10 nitrogen and oxygen atoms in total. The molecule has 1 saturated heterocycles. The van der Waals surface area contributed by atoms with Gasteiger partial charge in [-0.2, -0.15) is 5.10 Å². The molecule has 1 fully saturated rings. The van der Waals surface area contributed by atoms with Crippen LogP contribution in [-0.4, -0.2) is 76.4 Å². The summed E-state index contributed by atoms with van der Waals surface area (Å²) in [4.78, 5) is 36.1. The molecule has 0 aromatic carbocycles. The third-order valence-corrected chi connectivity index (χ3v) is 5.12. The second-order valence-corrected chi connectivity index (χ2v) is 7.68. The maximum absolute atomic E-state index is 12.4. The van der Waals surface area contributed by atoms with Crippen molar-refractivity contribution in [1.29, 1.82) is 0 Å². The van der Waals surface area contributed by atoms with Gasteiger partial charge < -0.3 is 19.9 Å². The summed E-state index contributed by atoms with van der Waals surface area (Å²) in [5.74, 6) is 0.668. The Morgan fingerprint density at radius 3 is 2.63 bits per heavy atom. The molecule has 2 aromatic heterocycles. The van der Waals surface area contributed by atoms with Crippen LogP contribution in [0.1, 0.15) is 13.3 Å². The smallest absolute Gasteiger partial charge is 0.285 e. The number of anilines is 2. The van der Waals surface area contributed by atoms with Gasteiger partial charge in [0.05, 0.1) is 48.9 Å². The summed E-state index contributed by atoms with van der Waals surface area (Å²) in [7, 11) is 0. The molecule has 0 unspecified atom stereocenters. The van der Waals surface area contributed by atoms with Gasteiger partial charge in [0.25, 0.3) is 5.56 Å². The van der Waals surface area contributed by atoms with Gasteiger partial charge in [-0.1, -0.05) is 23.2 Å². The Morgan fingerprint density at radius 1 is 1.23 bits per heavy atom. The number of hydrogen-bond donors (Lipinski definition) is 2. The van der Waals surface area contributed by atoms with Gasteiger partial charge in [-0.25, -0.2) is 15.1 Å². The number of amides is 1. The highest BCUT2D eigenvalue weighted by atomic mass is 35.5. The van der Waals surface area contributed by atoms with Crippen LogP contribution in [0.3, 0.4) is 0 Å². The number of rotatable bonds is 8. The number of nitrogens with one attached hydrogen (secondary N) is 2. The molecule has 30 heavy (non-hydrogen) atoms. The molecule has 0 spiro atoms. The van der Waals surface area contributed by atoms with Crippen LogP contribution in [0.4, 0.5) is 11.6 Å². The molecule has 1 aliphatic heterocycles. The van der Waals surface area contributed by atoms with Crippen molar-refractivity contribution >= 4 is 40.7 Å². The zero-order valence-electron chi connectivity index (χ0n) is 16.5. The van der Waals surface area contributed by atoms with Gasteiger partial charge in [0.15, 0.2) is 0 Å². The summed E-state index contributed by atoms with van der Waals surface area (Å²) >= 11 is 11.7. The summed E-state index contributed by atoms with van der Waals surface area (Å²) in [6.45, 7) is 5.11. The lowest BCUT2D eigenvalue weighted by Crippen LogP contribution is -2.49. The van der Waals surface area contributed by atoms with E-state index in [0.717, 1.165) is 0 Å². The monoisotopic (exact) mass is 455 g/mol. The number of ether oxygens (including phenoxy) is 1. The Bertz CT molecular complexity index is 901. The first-order valence-corrected chi connectivity index (χ1v) is 10.3. The van der Waals surface area contributed by atoms with Crippen LogP contribution in [0, 0.1) is 0 Å². The Morgan fingerprint density at radius 2 is 1.93 bits per heavy atom. The van der Waals surface area contributed by atoms with E-state index in [1.807, 2.05) is 16.7 Å². The lowest BCUT2D eigenvalue weighted by Gasteiger charge is -2.34. The maximum Gasteiger partial charge on any atom is 0.285 e. The molecular formula is C18H23Cl2N7O3. The molecule has 3 heterocycles. The van der Waals surface area contributed by atoms with Gasteiger partial charge in [-0.3, -0.25) is 9.59 Å². The topological polar surface area (TPSA) is 116 Å². The molecule has 0 radical (unpaired) electrons. The molecule has 1 atom stereocenters. The molecule has 2 aromatic rings. The van der Waals surface area contributed by atoms with Crippen LogP contribution in [0.25, 0.3) is 0 Å². The van der Waals surface area contributed by atoms with Crippen LogP contribution in [-0.2, 0) is 9.53 Å². The molecule has 162 valence electrons. The fourth-order valence-corrected chi connectivity index (χ4v) is 3.24. The zero-order chi connectivity index (χ0) is 21.5. The van der Waals surface area contributed by atoms with Gasteiger partial charge in [0, 0.05) is 32.2 Å². The van der Waals surface area contributed by atoms with Gasteiger partial charge in [0.2, 0.25) is 11.9 Å². The predicted molar refractivity (Wildman–Crippen MR) is 114 cm³/mol. The fourth-order valence-electron chi connectivity index (χ4n) is 2.99. The predicted octanol–water partition coefficient (Wildman–Crippen LogP) is 1.42. The van der Waals surface area contributed by atoms with Gasteiger partial charge in [-0.05, 0) is 6.92 Å². The Labute approximate surface area is 183 Å². The lowest BCUT2D eigenvalue weighted by atomic mass is 10.3. The highest BCUT2D eigenvalue weighted by Gasteiger charge is 2.22. The SMILES string of the molecule is C[C@@H](COCCC(=O)N1CCN(c2ncc(Cl)cn2)CC1)Nc1cn[nH]c(=O)c1Cl. The number of aromatic nitrogens is 4. The van der Waals surface area contributed by atoms with Gasteiger partial charge >= 0.3 is 0 Å². The summed E-state index contributed by atoms with van der Waals surface area (Å²) in [6, 6.07) is -0.107. The molecule has 0 saturated carbocycles. The Kier molecular flexibility index (Phi) is 7.83. The molecule has 0 aliphatic carbocycles. The average Bonchev–Trinajstić information content (AvgIpc) is 2.75. The first kappa shape index (κ1) is 22.3. The number of carbonyl (C=O) groups excluding carboxylic acids is 1. The van der Waals surface area contributed by atoms with Crippen molar-refractivity contribution in [3.63, 3.8) is 0 Å². The minimum atomic E-state index is -0.455. The number of nitrogens with zero attached hydrogens (tertiary/aromatic N) is 5. The quantitative estimate of drug-likeness (QED) is 0.573. The first-order valence-electron chi connectivity index (χ1n) is 9.51. The van der Waals surface area contributed by atoms with Crippen LogP contribution in [0.15, 0.2) is 23.4 Å². The van der Waals surface area contributed by atoms with Crippen molar-refractivity contribution in [2.24, 2.45) is 0 Å². The largest absolute Gasteiger partial charge is 0.379 e. The van der Waals surface area contributed by atoms with E-state index in [-0.39, 0.29) is 17.0 Å². The number of carbonyl (C=O) groups is 1. The second-order valence-electron chi connectivity index (χ2n) is 6.87. The number of halogens is 2.